The van der Waals surface area contributed by atoms with E-state index in [0.29, 0.717) is 22.0 Å². The van der Waals surface area contributed by atoms with Crippen molar-refractivity contribution in [2.45, 2.75) is 16.7 Å². The number of hydrogen-bond acceptors (Lipinski definition) is 6. The molecule has 0 atom stereocenters. The number of amides is 1. The number of ether oxygens (including phenoxy) is 1. The predicted molar refractivity (Wildman–Crippen MR) is 161 cm³/mol. The Morgan fingerprint density at radius 2 is 1.51 bits per heavy atom. The molecule has 4 aromatic carbocycles. The van der Waals surface area contributed by atoms with Crippen LogP contribution in [0.3, 0.4) is 0 Å². The van der Waals surface area contributed by atoms with Crippen LogP contribution < -0.4 is 19.1 Å². The molecule has 4 aromatic rings. The first-order valence-corrected chi connectivity index (χ1v) is 15.7. The van der Waals surface area contributed by atoms with Crippen molar-refractivity contribution in [2.75, 3.05) is 28.0 Å². The zero-order valence-corrected chi connectivity index (χ0v) is 25.0. The van der Waals surface area contributed by atoms with Crippen molar-refractivity contribution in [1.29, 1.82) is 0 Å². The highest BCUT2D eigenvalue weighted by molar-refractivity contribution is 7.93. The molecule has 0 aliphatic carbocycles. The van der Waals surface area contributed by atoms with Gasteiger partial charge < -0.3 is 10.1 Å². The molecule has 13 heteroatoms. The van der Waals surface area contributed by atoms with E-state index in [2.05, 4.69) is 10.0 Å². The molecule has 0 aromatic heterocycles. The van der Waals surface area contributed by atoms with Crippen molar-refractivity contribution in [2.24, 2.45) is 0 Å². The molecule has 0 radical (unpaired) electrons. The van der Waals surface area contributed by atoms with E-state index in [0.717, 1.165) is 4.31 Å². The number of carbonyl (C=O) groups is 1. The van der Waals surface area contributed by atoms with Crippen molar-refractivity contribution < 1.29 is 26.4 Å². The molecule has 0 heterocycles. The van der Waals surface area contributed by atoms with E-state index in [1.54, 1.807) is 43.3 Å². The third-order valence-electron chi connectivity index (χ3n) is 6.00. The Balaban J connectivity index is 1.55. The number of hydrogen-bond donors (Lipinski definition) is 2. The number of methoxy groups -OCH3 is 1. The maximum Gasteiger partial charge on any atom is 0.264 e. The van der Waals surface area contributed by atoms with E-state index in [-0.39, 0.29) is 26.2 Å². The fraction of sp³-hybridized carbons (Fsp3) is 0.107. The van der Waals surface area contributed by atoms with Gasteiger partial charge in [-0.2, -0.15) is 0 Å². The van der Waals surface area contributed by atoms with Crippen molar-refractivity contribution in [3.63, 3.8) is 0 Å². The molecule has 0 aliphatic rings. The molecule has 2 N–H and O–H groups in total. The molecular weight excluding hydrogens is 609 g/mol. The molecule has 0 fully saturated rings. The second kappa shape index (κ2) is 12.4. The number of benzene rings is 4. The topological polar surface area (TPSA) is 122 Å². The van der Waals surface area contributed by atoms with Crippen molar-refractivity contribution in [1.82, 2.24) is 0 Å². The molecule has 0 unspecified atom stereocenters. The van der Waals surface area contributed by atoms with Gasteiger partial charge in [-0.15, -0.1) is 0 Å². The Morgan fingerprint density at radius 1 is 0.829 bits per heavy atom. The molecule has 0 aliphatic heterocycles. The number of nitrogens with zero attached hydrogens (tertiary/aromatic N) is 1. The van der Waals surface area contributed by atoms with Crippen LogP contribution in [-0.4, -0.2) is 36.4 Å². The summed E-state index contributed by atoms with van der Waals surface area (Å²) in [4.78, 5) is 13.0. The molecule has 1 amide bonds. The standard InChI is InChI=1S/C28H25Cl2N3O6S2/c1-19-24(29)9-6-10-26(19)32-40(35,36)22-14-11-20(12-15-22)31-28(34)18-33(21-13-16-27(39-2)25(30)17-21)41(37,38)23-7-4-3-5-8-23/h3-17,32H,18H2,1-2H3,(H,31,34). The average Bonchev–Trinajstić information content (AvgIpc) is 2.95. The quantitative estimate of drug-likeness (QED) is 0.223. The normalized spacial score (nSPS) is 11.5. The molecule has 0 spiro atoms. The molecule has 4 rings (SSSR count). The van der Waals surface area contributed by atoms with E-state index in [9.17, 15) is 21.6 Å². The number of sulfonamides is 2. The summed E-state index contributed by atoms with van der Waals surface area (Å²) in [5.41, 5.74) is 1.33. The second-order valence-corrected chi connectivity index (χ2v) is 13.1. The van der Waals surface area contributed by atoms with Crippen LogP contribution in [0.5, 0.6) is 5.75 Å². The van der Waals surface area contributed by atoms with E-state index >= 15 is 0 Å². The van der Waals surface area contributed by atoms with Gasteiger partial charge in [0.1, 0.15) is 12.3 Å². The summed E-state index contributed by atoms with van der Waals surface area (Å²) in [7, 11) is -6.68. The van der Waals surface area contributed by atoms with Gasteiger partial charge in [-0.05, 0) is 79.2 Å². The summed E-state index contributed by atoms with van der Waals surface area (Å²) in [5.74, 6) is -0.327. The van der Waals surface area contributed by atoms with Crippen LogP contribution >= 0.6 is 23.2 Å². The number of nitrogens with one attached hydrogen (secondary N) is 2. The SMILES string of the molecule is COc1ccc(N(CC(=O)Nc2ccc(S(=O)(=O)Nc3cccc(Cl)c3C)cc2)S(=O)(=O)c2ccccc2)cc1Cl. The van der Waals surface area contributed by atoms with Crippen LogP contribution in [0.2, 0.25) is 10.0 Å². The van der Waals surface area contributed by atoms with Gasteiger partial charge >= 0.3 is 0 Å². The highest BCUT2D eigenvalue weighted by Gasteiger charge is 2.28. The summed E-state index contributed by atoms with van der Waals surface area (Å²) >= 11 is 12.3. The Kier molecular flexibility index (Phi) is 9.13. The van der Waals surface area contributed by atoms with Gasteiger partial charge in [0.05, 0.1) is 33.3 Å². The van der Waals surface area contributed by atoms with Crippen molar-refractivity contribution in [3.8, 4) is 5.75 Å². The molecule has 41 heavy (non-hydrogen) atoms. The minimum Gasteiger partial charge on any atom is -0.495 e. The van der Waals surface area contributed by atoms with E-state index in [1.807, 2.05) is 0 Å². The third kappa shape index (κ3) is 6.94. The molecule has 9 nitrogen and oxygen atoms in total. The predicted octanol–water partition coefficient (Wildman–Crippen LogP) is 5.95. The lowest BCUT2D eigenvalue weighted by atomic mass is 10.2. The molecule has 0 bridgehead atoms. The summed E-state index contributed by atoms with van der Waals surface area (Å²) in [6.07, 6.45) is 0. The number of carbonyl (C=O) groups excluding carboxylic acids is 1. The summed E-state index contributed by atoms with van der Waals surface area (Å²) in [5, 5.41) is 3.20. The lowest BCUT2D eigenvalue weighted by molar-refractivity contribution is -0.114. The Hall–Kier alpha value is -3.77. The van der Waals surface area contributed by atoms with E-state index in [1.165, 1.54) is 61.7 Å². The summed E-state index contributed by atoms with van der Waals surface area (Å²) < 4.78 is 61.4. The van der Waals surface area contributed by atoms with Crippen LogP contribution in [0.1, 0.15) is 5.56 Å². The van der Waals surface area contributed by atoms with Gasteiger partial charge in [-0.25, -0.2) is 16.8 Å². The smallest absolute Gasteiger partial charge is 0.264 e. The fourth-order valence-electron chi connectivity index (χ4n) is 3.82. The lowest BCUT2D eigenvalue weighted by Crippen LogP contribution is -2.38. The number of rotatable bonds is 10. The molecule has 214 valence electrons. The Morgan fingerprint density at radius 3 is 2.15 bits per heavy atom. The van der Waals surface area contributed by atoms with Gasteiger partial charge in [0.15, 0.2) is 0 Å². The minimum atomic E-state index is -4.16. The third-order valence-corrected chi connectivity index (χ3v) is 9.88. The summed E-state index contributed by atoms with van der Waals surface area (Å²) in [6, 6.07) is 22.4. The zero-order chi connectivity index (χ0) is 29.8. The number of halogens is 2. The van der Waals surface area contributed by atoms with Crippen molar-refractivity contribution >= 4 is 66.2 Å². The van der Waals surface area contributed by atoms with Gasteiger partial charge in [0, 0.05) is 10.7 Å². The first-order chi connectivity index (χ1) is 19.4. The van der Waals surface area contributed by atoms with Crippen LogP contribution in [0.4, 0.5) is 17.1 Å². The van der Waals surface area contributed by atoms with Crippen LogP contribution in [-0.2, 0) is 24.8 Å². The highest BCUT2D eigenvalue weighted by Crippen LogP contribution is 2.32. The Bertz CT molecular complexity index is 1780. The van der Waals surface area contributed by atoms with Gasteiger partial charge in [0.25, 0.3) is 20.0 Å². The minimum absolute atomic E-state index is 0.0169. The average molecular weight is 635 g/mol. The zero-order valence-electron chi connectivity index (χ0n) is 21.8. The van der Waals surface area contributed by atoms with Gasteiger partial charge in [-0.1, -0.05) is 47.5 Å². The fourth-order valence-corrected chi connectivity index (χ4v) is 6.80. The first kappa shape index (κ1) is 30.2. The van der Waals surface area contributed by atoms with Crippen molar-refractivity contribution in [3.05, 3.63) is 107 Å². The highest BCUT2D eigenvalue weighted by atomic mass is 35.5. The molecule has 0 saturated heterocycles. The van der Waals surface area contributed by atoms with Crippen LogP contribution in [0, 0.1) is 6.92 Å². The van der Waals surface area contributed by atoms with Crippen LogP contribution in [0.15, 0.2) is 101 Å². The van der Waals surface area contributed by atoms with E-state index < -0.39 is 32.5 Å². The Labute approximate surface area is 248 Å². The second-order valence-electron chi connectivity index (χ2n) is 8.73. The largest absolute Gasteiger partial charge is 0.495 e. The maximum atomic E-state index is 13.5. The molecular formula is C28H25Cl2N3O6S2. The van der Waals surface area contributed by atoms with Gasteiger partial charge in [0.2, 0.25) is 5.91 Å². The lowest BCUT2D eigenvalue weighted by Gasteiger charge is -2.24. The monoisotopic (exact) mass is 633 g/mol. The molecule has 0 saturated carbocycles. The maximum absolute atomic E-state index is 13.5. The van der Waals surface area contributed by atoms with Crippen LogP contribution in [0.25, 0.3) is 0 Å². The first-order valence-electron chi connectivity index (χ1n) is 12.0. The number of anilines is 3. The van der Waals surface area contributed by atoms with Gasteiger partial charge in [-0.3, -0.25) is 13.8 Å². The summed E-state index contributed by atoms with van der Waals surface area (Å²) in [6.45, 7) is 1.11. The van der Waals surface area contributed by atoms with E-state index in [4.69, 9.17) is 27.9 Å².